The van der Waals surface area contributed by atoms with Crippen molar-refractivity contribution in [1.82, 2.24) is 4.90 Å². The third-order valence-electron chi connectivity index (χ3n) is 13.4. The van der Waals surface area contributed by atoms with Crippen molar-refractivity contribution >= 4 is 18.0 Å². The Morgan fingerprint density at radius 1 is 0.859 bits per heavy atom. The Morgan fingerprint density at radius 2 is 1.52 bits per heavy atom. The third-order valence-corrected chi connectivity index (χ3v) is 13.4. The second-order valence-corrected chi connectivity index (χ2v) is 18.7. The van der Waals surface area contributed by atoms with Crippen molar-refractivity contribution in [3.63, 3.8) is 0 Å². The number of carbonyl (C=O) groups excluding carboxylic acids is 3. The quantitative estimate of drug-likeness (QED) is 0.131. The second-order valence-electron chi connectivity index (χ2n) is 18.7. The SMILES string of the molecule is CC[C@H]1OC(=O)C[C@@H](O)[C@@H](C)[C@@H](O[C@H]2O[C@@H](C)[C@H](O[C@H]3C[C@@](C)(O)[C@H](O)[C@@H](C)O3)[C@@H](N(C)C)[C@@H]2O)[C@H](CC=O)C[C@H](C)C(=O)/C=C/C(C)=C/[C@@H]1CO[C@H]1O[C@@H](C)[C@H](O)[C@@H](OC)[C@@H]1OC. The minimum absolute atomic E-state index is 0.00788. The highest BCUT2D eigenvalue weighted by atomic mass is 16.7. The van der Waals surface area contributed by atoms with Gasteiger partial charge in [-0.3, -0.25) is 9.59 Å². The van der Waals surface area contributed by atoms with Crippen LogP contribution < -0.4 is 0 Å². The molecule has 5 N–H and O–H groups in total. The van der Waals surface area contributed by atoms with Crippen LogP contribution in [0.25, 0.3) is 0 Å². The lowest BCUT2D eigenvalue weighted by molar-refractivity contribution is -0.341. The molecule has 0 unspecified atom stereocenters. The molecule has 0 saturated carbocycles. The Labute approximate surface area is 378 Å². The van der Waals surface area contributed by atoms with Gasteiger partial charge in [-0.15, -0.1) is 0 Å². The van der Waals surface area contributed by atoms with Gasteiger partial charge >= 0.3 is 5.97 Å². The fraction of sp³-hybridized carbons (Fsp3) is 0.848. The van der Waals surface area contributed by atoms with Gasteiger partial charge in [0.2, 0.25) is 0 Å². The lowest BCUT2D eigenvalue weighted by Crippen LogP contribution is -2.65. The molecule has 18 heteroatoms. The zero-order valence-electron chi connectivity index (χ0n) is 39.7. The molecule has 21 atom stereocenters. The molecule has 3 saturated heterocycles. The van der Waals surface area contributed by atoms with Crippen molar-refractivity contribution in [3.05, 3.63) is 23.8 Å². The molecule has 0 aliphatic carbocycles. The van der Waals surface area contributed by atoms with Crippen LogP contribution in [0.15, 0.2) is 23.8 Å². The molecular formula is C46H77NO17. The fourth-order valence-electron chi connectivity index (χ4n) is 9.51. The normalized spacial score (nSPS) is 45.9. The summed E-state index contributed by atoms with van der Waals surface area (Å²) in [6, 6.07) is -0.748. The molecular weight excluding hydrogens is 838 g/mol. The topological polar surface area (TPSA) is 239 Å². The molecule has 3 fully saturated rings. The number of aldehydes is 1. The zero-order chi connectivity index (χ0) is 47.8. The molecule has 0 aromatic rings. The Morgan fingerprint density at radius 3 is 2.11 bits per heavy atom. The molecule has 0 radical (unpaired) electrons. The summed E-state index contributed by atoms with van der Waals surface area (Å²) in [7, 11) is 6.43. The van der Waals surface area contributed by atoms with Crippen LogP contribution >= 0.6 is 0 Å². The van der Waals surface area contributed by atoms with E-state index in [4.69, 9.17) is 42.6 Å². The number of hydrogen-bond donors (Lipinski definition) is 5. The highest BCUT2D eigenvalue weighted by Crippen LogP contribution is 2.37. The molecule has 0 bridgehead atoms. The maximum absolute atomic E-state index is 13.8. The first-order chi connectivity index (χ1) is 30.1. The van der Waals surface area contributed by atoms with Gasteiger partial charge in [-0.1, -0.05) is 38.5 Å². The number of aliphatic hydroxyl groups is 5. The van der Waals surface area contributed by atoms with E-state index in [2.05, 4.69) is 0 Å². The van der Waals surface area contributed by atoms with E-state index in [1.165, 1.54) is 27.2 Å². The Balaban J connectivity index is 1.62. The molecule has 368 valence electrons. The fourth-order valence-corrected chi connectivity index (χ4v) is 9.51. The van der Waals surface area contributed by atoms with Gasteiger partial charge in [0.05, 0.1) is 55.2 Å². The first-order valence-electron chi connectivity index (χ1n) is 22.7. The van der Waals surface area contributed by atoms with Gasteiger partial charge in [-0.25, -0.2) is 0 Å². The van der Waals surface area contributed by atoms with E-state index in [0.717, 1.165) is 6.29 Å². The number of rotatable bonds is 13. The number of cyclic esters (lactones) is 1. The summed E-state index contributed by atoms with van der Waals surface area (Å²) in [4.78, 5) is 41.5. The summed E-state index contributed by atoms with van der Waals surface area (Å²) in [5, 5.41) is 55.8. The molecule has 0 spiro atoms. The average molecular weight is 916 g/mol. The number of allylic oxidation sites excluding steroid dienone is 3. The lowest BCUT2D eigenvalue weighted by atomic mass is 9.79. The number of aliphatic hydroxyl groups excluding tert-OH is 4. The Kier molecular flexibility index (Phi) is 20.5. The van der Waals surface area contributed by atoms with Gasteiger partial charge in [0.1, 0.15) is 49.0 Å². The molecule has 0 amide bonds. The molecule has 18 nitrogen and oxygen atoms in total. The summed E-state index contributed by atoms with van der Waals surface area (Å²) in [5.74, 6) is -3.59. The molecule has 4 heterocycles. The van der Waals surface area contributed by atoms with E-state index in [9.17, 15) is 39.9 Å². The van der Waals surface area contributed by atoms with Crippen LogP contribution in [0.2, 0.25) is 0 Å². The zero-order valence-corrected chi connectivity index (χ0v) is 39.7. The predicted octanol–water partition coefficient (Wildman–Crippen LogP) is 1.83. The molecule has 0 aromatic heterocycles. The van der Waals surface area contributed by atoms with Crippen LogP contribution in [-0.2, 0) is 57.0 Å². The molecule has 0 aromatic carbocycles. The maximum Gasteiger partial charge on any atom is 0.308 e. The predicted molar refractivity (Wildman–Crippen MR) is 230 cm³/mol. The van der Waals surface area contributed by atoms with Gasteiger partial charge in [0.15, 0.2) is 24.7 Å². The number of hydrogen-bond acceptors (Lipinski definition) is 18. The number of likely N-dealkylation sites (N-methyl/N-ethyl adjacent to an activating group) is 1. The summed E-state index contributed by atoms with van der Waals surface area (Å²) in [6.45, 7) is 13.6. The first-order valence-corrected chi connectivity index (χ1v) is 22.7. The first kappa shape index (κ1) is 54.3. The standard InChI is InChI=1S/C46H77NO17/c1-13-33-30(22-58-45-42(57-12)41(56-11)37(52)26(5)60-45)18-23(2)14-15-31(49)24(3)19-29(16-17-48)39(25(4)32(50)20-34(51)62-33)64-44-38(53)36(47(9)10)40(27(6)61-44)63-35-21-46(8,55)43(54)28(7)59-35/h14-15,17-18,24-30,32-33,35-45,50,52-55H,13,16,19-22H2,1-12H3/b15-14+,23-18+/t24-,25+,26-,27-,28+,29+,30+,32+,33+,35-,36-,37-,38-,39+,40-,41+,42-,43+,44+,45-,46+/m0/s1. The molecule has 4 rings (SSSR count). The number of esters is 1. The Hall–Kier alpha value is -2.27. The highest BCUT2D eigenvalue weighted by Gasteiger charge is 2.52. The van der Waals surface area contributed by atoms with Crippen molar-refractivity contribution in [3.8, 4) is 0 Å². The average Bonchev–Trinajstić information content (AvgIpc) is 3.23. The van der Waals surface area contributed by atoms with Gasteiger partial charge in [0.25, 0.3) is 0 Å². The smallest absolute Gasteiger partial charge is 0.308 e. The minimum atomic E-state index is -1.49. The molecule has 4 aliphatic rings. The summed E-state index contributed by atoms with van der Waals surface area (Å²) in [6.07, 6.45) is -8.49. The van der Waals surface area contributed by atoms with Crippen molar-refractivity contribution < 1.29 is 82.5 Å². The lowest BCUT2D eigenvalue weighted by Gasteiger charge is -2.50. The van der Waals surface area contributed by atoms with Gasteiger partial charge in [-0.05, 0) is 73.5 Å². The van der Waals surface area contributed by atoms with Crippen LogP contribution in [0, 0.1) is 23.7 Å². The van der Waals surface area contributed by atoms with Crippen LogP contribution in [0.3, 0.4) is 0 Å². The summed E-state index contributed by atoms with van der Waals surface area (Å²) >= 11 is 0. The largest absolute Gasteiger partial charge is 0.462 e. The monoisotopic (exact) mass is 916 g/mol. The number of methoxy groups -OCH3 is 2. The van der Waals surface area contributed by atoms with E-state index in [1.54, 1.807) is 59.7 Å². The maximum atomic E-state index is 13.8. The van der Waals surface area contributed by atoms with Crippen molar-refractivity contribution in [2.24, 2.45) is 23.7 Å². The van der Waals surface area contributed by atoms with E-state index in [1.807, 2.05) is 19.9 Å². The van der Waals surface area contributed by atoms with Crippen LogP contribution in [0.5, 0.6) is 0 Å². The Bertz CT molecular complexity index is 1560. The number of ketones is 1. The van der Waals surface area contributed by atoms with E-state index >= 15 is 0 Å². The molecule has 4 aliphatic heterocycles. The van der Waals surface area contributed by atoms with E-state index in [-0.39, 0.29) is 31.7 Å². The number of carbonyl (C=O) groups is 3. The number of ether oxygens (including phenoxy) is 9. The summed E-state index contributed by atoms with van der Waals surface area (Å²) in [5.41, 5.74) is -0.806. The van der Waals surface area contributed by atoms with Crippen molar-refractivity contribution in [2.75, 3.05) is 34.9 Å². The van der Waals surface area contributed by atoms with Gasteiger partial charge < -0.3 is 77.9 Å². The van der Waals surface area contributed by atoms with E-state index in [0.29, 0.717) is 12.0 Å². The molecule has 64 heavy (non-hydrogen) atoms. The van der Waals surface area contributed by atoms with Crippen LogP contribution in [-0.4, -0.2) is 187 Å². The van der Waals surface area contributed by atoms with Crippen LogP contribution in [0.4, 0.5) is 0 Å². The highest BCUT2D eigenvalue weighted by molar-refractivity contribution is 5.91. The van der Waals surface area contributed by atoms with Crippen molar-refractivity contribution in [2.45, 2.75) is 191 Å². The van der Waals surface area contributed by atoms with Gasteiger partial charge in [0, 0.05) is 44.8 Å². The van der Waals surface area contributed by atoms with Gasteiger partial charge in [-0.2, -0.15) is 0 Å². The van der Waals surface area contributed by atoms with Crippen LogP contribution in [0.1, 0.15) is 87.5 Å². The third kappa shape index (κ3) is 13.5. The van der Waals surface area contributed by atoms with E-state index < -0.39 is 140 Å². The van der Waals surface area contributed by atoms with Crippen molar-refractivity contribution in [1.29, 1.82) is 0 Å². The summed E-state index contributed by atoms with van der Waals surface area (Å²) < 4.78 is 54.7. The number of nitrogens with zero attached hydrogens (tertiary/aromatic N) is 1. The second kappa shape index (κ2) is 24.1. The minimum Gasteiger partial charge on any atom is -0.462 e.